The van der Waals surface area contributed by atoms with Gasteiger partial charge >= 0.3 is 11.9 Å². The number of carbonyl (C=O) groups is 3. The molecule has 1 atom stereocenters. The van der Waals surface area contributed by atoms with Gasteiger partial charge in [-0.1, -0.05) is 113 Å². The normalized spacial score (nSPS) is 11.6. The van der Waals surface area contributed by atoms with Crippen LogP contribution >= 0.6 is 0 Å². The Hall–Kier alpha value is -3.77. The van der Waals surface area contributed by atoms with Crippen molar-refractivity contribution in [1.82, 2.24) is 0 Å². The molecule has 0 bridgehead atoms. The van der Waals surface area contributed by atoms with Gasteiger partial charge in [-0.25, -0.2) is 4.79 Å². The molecule has 6 heteroatoms. The molecular weight excluding hydrogens is 516 g/mol. The number of unbranched alkanes of at least 4 members (excludes halogenated alkanes) is 6. The van der Waals surface area contributed by atoms with Gasteiger partial charge < -0.3 is 4.74 Å². The van der Waals surface area contributed by atoms with Gasteiger partial charge in [0, 0.05) is 12.0 Å². The van der Waals surface area contributed by atoms with Crippen molar-refractivity contribution in [2.45, 2.75) is 84.7 Å². The molecule has 0 radical (unpaired) electrons. The molecule has 0 N–H and O–H groups in total. The van der Waals surface area contributed by atoms with Crippen LogP contribution in [-0.4, -0.2) is 30.4 Å². The number of hydrogen-bond acceptors (Lipinski definition) is 6. The second-order valence-electron chi connectivity index (χ2n) is 10.3. The highest BCUT2D eigenvalue weighted by Gasteiger charge is 2.20. The van der Waals surface area contributed by atoms with E-state index in [4.69, 9.17) is 14.5 Å². The predicted molar refractivity (Wildman–Crippen MR) is 161 cm³/mol. The second-order valence-corrected chi connectivity index (χ2v) is 10.3. The number of carbonyl (C=O) groups excluding carboxylic acids is 3. The minimum atomic E-state index is -0.862. The molecule has 0 spiro atoms. The molecule has 3 aromatic rings. The highest BCUT2D eigenvalue weighted by molar-refractivity contribution is 6.01. The molecule has 0 aromatic heterocycles. The summed E-state index contributed by atoms with van der Waals surface area (Å²) in [6, 6.07) is 22.4. The van der Waals surface area contributed by atoms with Crippen LogP contribution in [0.5, 0.6) is 0 Å². The van der Waals surface area contributed by atoms with Crippen LogP contribution in [0, 0.1) is 0 Å². The quantitative estimate of drug-likeness (QED) is 0.0542. The zero-order chi connectivity index (χ0) is 29.5. The van der Waals surface area contributed by atoms with Gasteiger partial charge in [-0.15, -0.1) is 0 Å². The second kappa shape index (κ2) is 17.1. The molecule has 6 nitrogen and oxygen atoms in total. The summed E-state index contributed by atoms with van der Waals surface area (Å²) in [6.45, 7) is 6.15. The lowest BCUT2D eigenvalue weighted by atomic mass is 9.92. The third-order valence-corrected chi connectivity index (χ3v) is 6.95. The fourth-order valence-corrected chi connectivity index (χ4v) is 4.54. The molecule has 0 amide bonds. The Labute approximate surface area is 244 Å². The van der Waals surface area contributed by atoms with Crippen LogP contribution in [-0.2, 0) is 19.3 Å². The maximum Gasteiger partial charge on any atom is 0.373 e. The van der Waals surface area contributed by atoms with Crippen molar-refractivity contribution in [3.05, 3.63) is 83.9 Å². The van der Waals surface area contributed by atoms with Gasteiger partial charge in [0.15, 0.2) is 6.10 Å². The average Bonchev–Trinajstić information content (AvgIpc) is 3.01. The molecule has 0 saturated carbocycles. The molecule has 218 valence electrons. The Bertz CT molecular complexity index is 1250. The van der Waals surface area contributed by atoms with Crippen molar-refractivity contribution in [2.24, 2.45) is 0 Å². The molecular formula is C35H42O6. The molecule has 1 unspecified atom stereocenters. The molecule has 0 heterocycles. The first-order valence-electron chi connectivity index (χ1n) is 14.8. The van der Waals surface area contributed by atoms with Crippen molar-refractivity contribution in [1.29, 1.82) is 0 Å². The SMILES string of the molecule is CCCCCCCCOOC(=O)c1ccc(-c2ccccc2)c(-c2ccc(C(=O)C(C)OC(=O)CCCC)cc2)c1. The minimum Gasteiger partial charge on any atom is -0.454 e. The van der Waals surface area contributed by atoms with E-state index in [1.165, 1.54) is 19.3 Å². The Morgan fingerprint density at radius 1 is 0.683 bits per heavy atom. The Balaban J connectivity index is 1.74. The van der Waals surface area contributed by atoms with E-state index < -0.39 is 12.1 Å². The van der Waals surface area contributed by atoms with E-state index in [0.29, 0.717) is 24.2 Å². The summed E-state index contributed by atoms with van der Waals surface area (Å²) < 4.78 is 5.32. The van der Waals surface area contributed by atoms with E-state index in [0.717, 1.165) is 54.4 Å². The Morgan fingerprint density at radius 3 is 2.02 bits per heavy atom. The summed E-state index contributed by atoms with van der Waals surface area (Å²) in [4.78, 5) is 48.0. The summed E-state index contributed by atoms with van der Waals surface area (Å²) >= 11 is 0. The van der Waals surface area contributed by atoms with Crippen LogP contribution in [0.3, 0.4) is 0 Å². The van der Waals surface area contributed by atoms with Crippen LogP contribution in [0.15, 0.2) is 72.8 Å². The molecule has 0 aliphatic rings. The first-order chi connectivity index (χ1) is 19.9. The van der Waals surface area contributed by atoms with Crippen molar-refractivity contribution in [3.8, 4) is 22.3 Å². The summed E-state index contributed by atoms with van der Waals surface area (Å²) in [5, 5.41) is 0. The summed E-state index contributed by atoms with van der Waals surface area (Å²) in [6.07, 6.45) is 7.77. The smallest absolute Gasteiger partial charge is 0.373 e. The molecule has 0 aliphatic carbocycles. The predicted octanol–water partition coefficient (Wildman–Crippen LogP) is 8.77. The number of esters is 1. The van der Waals surface area contributed by atoms with Gasteiger partial charge in [0.05, 0.1) is 12.2 Å². The summed E-state index contributed by atoms with van der Waals surface area (Å²) in [5.41, 5.74) is 4.40. The van der Waals surface area contributed by atoms with Crippen molar-refractivity contribution in [3.63, 3.8) is 0 Å². The van der Waals surface area contributed by atoms with E-state index in [9.17, 15) is 14.4 Å². The number of Topliss-reactive ketones (excluding diaryl/α,β-unsaturated/α-hetero) is 1. The van der Waals surface area contributed by atoms with E-state index in [1.807, 2.05) is 55.5 Å². The van der Waals surface area contributed by atoms with Gasteiger partial charge in [-0.3, -0.25) is 14.5 Å². The standard InChI is InChI=1S/C35H42O6/c1-4-6-8-9-10-14-24-39-41-35(38)30-22-23-31(27-15-12-11-13-16-27)32(25-30)28-18-20-29(21-19-28)34(37)26(3)40-33(36)17-7-5-2/h11-13,15-16,18-23,25-26H,4-10,14,17,24H2,1-3H3. The lowest BCUT2D eigenvalue weighted by Crippen LogP contribution is -2.24. The number of hydrogen-bond donors (Lipinski definition) is 0. The minimum absolute atomic E-state index is 0.260. The number of benzene rings is 3. The van der Waals surface area contributed by atoms with Gasteiger partial charge in [0.1, 0.15) is 0 Å². The number of ketones is 1. The van der Waals surface area contributed by atoms with E-state index in [-0.39, 0.29) is 11.8 Å². The number of rotatable bonds is 17. The zero-order valence-corrected chi connectivity index (χ0v) is 24.5. The highest BCUT2D eigenvalue weighted by atomic mass is 17.2. The molecule has 0 fully saturated rings. The Morgan fingerprint density at radius 2 is 1.32 bits per heavy atom. The van der Waals surface area contributed by atoms with Crippen LogP contribution in [0.1, 0.15) is 99.3 Å². The van der Waals surface area contributed by atoms with E-state index in [2.05, 4.69) is 6.92 Å². The average molecular weight is 559 g/mol. The first kappa shape index (κ1) is 31.8. The van der Waals surface area contributed by atoms with E-state index >= 15 is 0 Å². The van der Waals surface area contributed by atoms with Crippen LogP contribution in [0.2, 0.25) is 0 Å². The lowest BCUT2D eigenvalue weighted by molar-refractivity contribution is -0.241. The molecule has 3 aromatic carbocycles. The first-order valence-corrected chi connectivity index (χ1v) is 14.8. The zero-order valence-electron chi connectivity index (χ0n) is 24.5. The molecule has 0 aliphatic heterocycles. The van der Waals surface area contributed by atoms with Gasteiger partial charge in [0.2, 0.25) is 5.78 Å². The molecule has 3 rings (SSSR count). The summed E-state index contributed by atoms with van der Waals surface area (Å²) in [7, 11) is 0. The topological polar surface area (TPSA) is 78.9 Å². The highest BCUT2D eigenvalue weighted by Crippen LogP contribution is 2.33. The van der Waals surface area contributed by atoms with Crippen LogP contribution in [0.4, 0.5) is 0 Å². The third-order valence-electron chi connectivity index (χ3n) is 6.95. The van der Waals surface area contributed by atoms with Crippen LogP contribution in [0.25, 0.3) is 22.3 Å². The summed E-state index contributed by atoms with van der Waals surface area (Å²) in [5.74, 6) is -1.18. The fourth-order valence-electron chi connectivity index (χ4n) is 4.54. The Kier molecular flexibility index (Phi) is 13.3. The van der Waals surface area contributed by atoms with Crippen molar-refractivity contribution in [2.75, 3.05) is 6.61 Å². The maximum absolute atomic E-state index is 12.9. The van der Waals surface area contributed by atoms with Gasteiger partial charge in [0.25, 0.3) is 0 Å². The van der Waals surface area contributed by atoms with Crippen molar-refractivity contribution < 1.29 is 28.9 Å². The monoisotopic (exact) mass is 558 g/mol. The van der Waals surface area contributed by atoms with Gasteiger partial charge in [-0.2, -0.15) is 4.89 Å². The van der Waals surface area contributed by atoms with E-state index in [1.54, 1.807) is 31.2 Å². The largest absolute Gasteiger partial charge is 0.454 e. The number of ether oxygens (including phenoxy) is 1. The van der Waals surface area contributed by atoms with Gasteiger partial charge in [-0.05, 0) is 54.2 Å². The van der Waals surface area contributed by atoms with Crippen molar-refractivity contribution >= 4 is 17.7 Å². The molecule has 41 heavy (non-hydrogen) atoms. The lowest BCUT2D eigenvalue weighted by Gasteiger charge is -2.14. The third kappa shape index (κ3) is 9.98. The maximum atomic E-state index is 12.9. The fraction of sp³-hybridized carbons (Fsp3) is 0.400. The van der Waals surface area contributed by atoms with Crippen LogP contribution < -0.4 is 0 Å². The molecule has 0 saturated heterocycles.